The van der Waals surface area contributed by atoms with Crippen LogP contribution in [0.4, 0.5) is 0 Å². The quantitative estimate of drug-likeness (QED) is 0.509. The van der Waals surface area contributed by atoms with Crippen LogP contribution in [0.1, 0.15) is 25.7 Å². The van der Waals surface area contributed by atoms with Gasteiger partial charge in [-0.25, -0.2) is 4.68 Å². The highest BCUT2D eigenvalue weighted by atomic mass is 28.3. The molecule has 2 heterocycles. The summed E-state index contributed by atoms with van der Waals surface area (Å²) in [5, 5.41) is 5.59. The second-order valence-corrected chi connectivity index (χ2v) is 13.8. The van der Waals surface area contributed by atoms with Crippen molar-refractivity contribution in [1.82, 2.24) is 9.78 Å². The van der Waals surface area contributed by atoms with E-state index in [1.165, 1.54) is 0 Å². The van der Waals surface area contributed by atoms with Crippen molar-refractivity contribution in [2.24, 2.45) is 0 Å². The van der Waals surface area contributed by atoms with Gasteiger partial charge in [0.2, 0.25) is 5.88 Å². The predicted molar refractivity (Wildman–Crippen MR) is 104 cm³/mol. The fourth-order valence-corrected chi connectivity index (χ4v) is 3.56. The van der Waals surface area contributed by atoms with E-state index in [2.05, 4.69) is 30.8 Å². The summed E-state index contributed by atoms with van der Waals surface area (Å²) < 4.78 is 24.9. The molecule has 2 aromatic rings. The van der Waals surface area contributed by atoms with Crippen molar-refractivity contribution in [2.45, 2.75) is 58.7 Å². The smallest absolute Gasteiger partial charge is 0.241 e. The summed E-state index contributed by atoms with van der Waals surface area (Å²) in [6, 6.07) is 7.26. The van der Waals surface area contributed by atoms with E-state index in [0.29, 0.717) is 25.8 Å². The number of fused-ring (bicyclic) bond motifs is 1. The summed E-state index contributed by atoms with van der Waals surface area (Å²) in [5.74, 6) is 0.628. The van der Waals surface area contributed by atoms with Crippen LogP contribution in [-0.4, -0.2) is 43.8 Å². The minimum absolute atomic E-state index is 0.0528. The van der Waals surface area contributed by atoms with E-state index >= 15 is 0 Å². The molecule has 3 rings (SSSR count). The van der Waals surface area contributed by atoms with Crippen molar-refractivity contribution in [1.29, 1.82) is 0 Å². The first-order valence-electron chi connectivity index (χ1n) is 9.31. The first-order valence-corrected chi connectivity index (χ1v) is 13.0. The molecule has 7 heteroatoms. The van der Waals surface area contributed by atoms with Crippen molar-refractivity contribution in [2.75, 3.05) is 19.8 Å². The third kappa shape index (κ3) is 4.85. The Morgan fingerprint density at radius 1 is 1.23 bits per heavy atom. The van der Waals surface area contributed by atoms with Gasteiger partial charge in [-0.15, -0.1) is 5.10 Å². The molecule has 0 spiro atoms. The van der Waals surface area contributed by atoms with Crippen LogP contribution in [0, 0.1) is 0 Å². The predicted octanol–water partition coefficient (Wildman–Crippen LogP) is 4.18. The Labute approximate surface area is 156 Å². The maximum absolute atomic E-state index is 5.92. The average Bonchev–Trinajstić information content (AvgIpc) is 3.19. The highest BCUT2D eigenvalue weighted by Gasteiger charge is 2.21. The zero-order valence-electron chi connectivity index (χ0n) is 16.4. The van der Waals surface area contributed by atoms with E-state index in [1.807, 2.05) is 30.7 Å². The van der Waals surface area contributed by atoms with Gasteiger partial charge in [0.25, 0.3) is 0 Å². The highest BCUT2D eigenvalue weighted by molar-refractivity contribution is 6.76. The van der Waals surface area contributed by atoms with Crippen molar-refractivity contribution < 1.29 is 18.9 Å². The lowest BCUT2D eigenvalue weighted by Crippen LogP contribution is -2.22. The molecule has 144 valence electrons. The number of rotatable bonds is 8. The van der Waals surface area contributed by atoms with Gasteiger partial charge in [-0.2, -0.15) is 0 Å². The zero-order chi connectivity index (χ0) is 18.7. The van der Waals surface area contributed by atoms with Gasteiger partial charge in [0.1, 0.15) is 6.73 Å². The van der Waals surface area contributed by atoms with E-state index in [0.717, 1.165) is 29.1 Å². The monoisotopic (exact) mass is 378 g/mol. The largest absolute Gasteiger partial charge is 0.473 e. The Morgan fingerprint density at radius 2 is 1.96 bits per heavy atom. The molecule has 26 heavy (non-hydrogen) atoms. The van der Waals surface area contributed by atoms with Crippen LogP contribution in [-0.2, 0) is 20.9 Å². The summed E-state index contributed by atoms with van der Waals surface area (Å²) >= 11 is 0. The Hall–Kier alpha value is -1.41. The lowest BCUT2D eigenvalue weighted by molar-refractivity contribution is -0.0440. The number of nitrogens with zero attached hydrogens (tertiary/aromatic N) is 2. The molecule has 0 saturated carbocycles. The van der Waals surface area contributed by atoms with Crippen LogP contribution in [0.25, 0.3) is 10.9 Å². The van der Waals surface area contributed by atoms with Crippen LogP contribution < -0.4 is 4.74 Å². The summed E-state index contributed by atoms with van der Waals surface area (Å²) in [4.78, 5) is 0. The molecular formula is C19H30N2O4Si. The third-order valence-electron chi connectivity index (χ3n) is 4.19. The van der Waals surface area contributed by atoms with Gasteiger partial charge in [-0.1, -0.05) is 25.7 Å². The second kappa shape index (κ2) is 8.08. The van der Waals surface area contributed by atoms with E-state index in [-0.39, 0.29) is 12.4 Å². The van der Waals surface area contributed by atoms with Crippen LogP contribution in [0.3, 0.4) is 0 Å². The molecule has 1 aromatic carbocycles. The Morgan fingerprint density at radius 3 is 2.62 bits per heavy atom. The number of benzene rings is 1. The lowest BCUT2D eigenvalue weighted by atomic mass is 10.1. The molecule has 0 unspecified atom stereocenters. The molecule has 1 aromatic heterocycles. The van der Waals surface area contributed by atoms with Gasteiger partial charge in [0.05, 0.1) is 30.2 Å². The van der Waals surface area contributed by atoms with Gasteiger partial charge in [-0.05, 0) is 32.0 Å². The Balaban J connectivity index is 1.81. The fraction of sp³-hybridized carbons (Fsp3) is 0.632. The van der Waals surface area contributed by atoms with Crippen molar-refractivity contribution in [3.05, 3.63) is 23.8 Å². The molecule has 1 aliphatic rings. The minimum atomic E-state index is -1.10. The van der Waals surface area contributed by atoms with Crippen LogP contribution in [0.2, 0.25) is 25.7 Å². The molecule has 0 amide bonds. The molecule has 0 radical (unpaired) electrons. The Bertz CT molecular complexity index is 733. The zero-order valence-corrected chi connectivity index (χ0v) is 17.4. The van der Waals surface area contributed by atoms with Crippen LogP contribution in [0.5, 0.6) is 5.88 Å². The average molecular weight is 379 g/mol. The number of ether oxygens (including phenoxy) is 4. The normalized spacial score (nSPS) is 16.1. The SMILES string of the molecule is CC(C)Oc1nn(COCC[Si](C)(C)C)c2ccc(C3OCCO3)cc12. The van der Waals surface area contributed by atoms with Crippen molar-refractivity contribution in [3.8, 4) is 5.88 Å². The highest BCUT2D eigenvalue weighted by Crippen LogP contribution is 2.31. The molecule has 0 N–H and O–H groups in total. The maximum Gasteiger partial charge on any atom is 0.241 e. The van der Waals surface area contributed by atoms with Gasteiger partial charge in [0.15, 0.2) is 6.29 Å². The molecule has 6 nitrogen and oxygen atoms in total. The van der Waals surface area contributed by atoms with Crippen LogP contribution >= 0.6 is 0 Å². The molecule has 0 atom stereocenters. The first-order chi connectivity index (χ1) is 12.3. The molecule has 1 saturated heterocycles. The van der Waals surface area contributed by atoms with Gasteiger partial charge >= 0.3 is 0 Å². The molecular weight excluding hydrogens is 348 g/mol. The topological polar surface area (TPSA) is 54.7 Å². The van der Waals surface area contributed by atoms with Gasteiger partial charge < -0.3 is 18.9 Å². The Kier molecular flexibility index (Phi) is 6.02. The second-order valence-electron chi connectivity index (χ2n) is 8.17. The number of hydrogen-bond donors (Lipinski definition) is 0. The molecule has 1 fully saturated rings. The van der Waals surface area contributed by atoms with Crippen molar-refractivity contribution >= 4 is 19.0 Å². The number of hydrogen-bond acceptors (Lipinski definition) is 5. The van der Waals surface area contributed by atoms with Gasteiger partial charge in [-0.3, -0.25) is 0 Å². The fourth-order valence-electron chi connectivity index (χ4n) is 2.80. The molecule has 0 aliphatic carbocycles. The van der Waals surface area contributed by atoms with Crippen LogP contribution in [0.15, 0.2) is 18.2 Å². The molecule has 1 aliphatic heterocycles. The van der Waals surface area contributed by atoms with Gasteiger partial charge in [0, 0.05) is 20.2 Å². The summed E-state index contributed by atoms with van der Waals surface area (Å²) in [6.07, 6.45) is -0.250. The lowest BCUT2D eigenvalue weighted by Gasteiger charge is -2.15. The maximum atomic E-state index is 5.92. The standard InChI is InChI=1S/C19H30N2O4Si/c1-14(2)25-18-16-12-15(19-23-8-9-24-19)6-7-17(16)21(20-18)13-22-10-11-26(3,4)5/h6-7,12,14,19H,8-11,13H2,1-5H3. The van der Waals surface area contributed by atoms with E-state index < -0.39 is 8.07 Å². The van der Waals surface area contributed by atoms with E-state index in [4.69, 9.17) is 18.9 Å². The van der Waals surface area contributed by atoms with E-state index in [9.17, 15) is 0 Å². The summed E-state index contributed by atoms with van der Waals surface area (Å²) in [6.45, 7) is 13.5. The third-order valence-corrected chi connectivity index (χ3v) is 5.90. The number of aromatic nitrogens is 2. The van der Waals surface area contributed by atoms with E-state index in [1.54, 1.807) is 0 Å². The summed E-state index contributed by atoms with van der Waals surface area (Å²) in [5.41, 5.74) is 1.98. The first kappa shape index (κ1) is 19.4. The van der Waals surface area contributed by atoms with Crippen molar-refractivity contribution in [3.63, 3.8) is 0 Å². The molecule has 0 bridgehead atoms. The minimum Gasteiger partial charge on any atom is -0.473 e. The summed E-state index contributed by atoms with van der Waals surface area (Å²) in [7, 11) is -1.10.